The van der Waals surface area contributed by atoms with Crippen molar-refractivity contribution in [3.05, 3.63) is 18.2 Å². The molecule has 0 atom stereocenters. The molecule has 1 rings (SSSR count). The van der Waals surface area contributed by atoms with Gasteiger partial charge in [-0.3, -0.25) is 0 Å². The molecule has 0 aliphatic heterocycles. The van der Waals surface area contributed by atoms with Gasteiger partial charge in [0.15, 0.2) is 0 Å². The van der Waals surface area contributed by atoms with Crippen molar-refractivity contribution < 1.29 is 0 Å². The number of imidazole rings is 1. The summed E-state index contributed by atoms with van der Waals surface area (Å²) in [5.74, 6) is 0. The highest BCUT2D eigenvalue weighted by molar-refractivity contribution is 5.85. The molecule has 5 heteroatoms. The molecule has 0 aromatic carbocycles. The molecule has 0 fully saturated rings. The van der Waals surface area contributed by atoms with Crippen molar-refractivity contribution in [2.75, 3.05) is 13.6 Å². The summed E-state index contributed by atoms with van der Waals surface area (Å²) in [5, 5.41) is 3.09. The number of likely N-dealkylation sites (N-methyl/N-ethyl adjacent to an activating group) is 1. The minimum Gasteiger partial charge on any atom is -0.338 e. The molecule has 1 heterocycles. The van der Waals surface area contributed by atoms with E-state index in [0.29, 0.717) is 0 Å². The highest BCUT2D eigenvalue weighted by Crippen LogP contribution is 1.95. The topological polar surface area (TPSA) is 29.9 Å². The lowest BCUT2D eigenvalue weighted by Gasteiger charge is -1.99. The lowest BCUT2D eigenvalue weighted by molar-refractivity contribution is 0.737. The van der Waals surface area contributed by atoms with Crippen LogP contribution in [-0.4, -0.2) is 23.1 Å². The second-order valence-electron chi connectivity index (χ2n) is 2.35. The third kappa shape index (κ3) is 3.95. The Bertz CT molecular complexity index is 200. The molecular weight excluding hydrogens is 197 g/mol. The first-order valence-corrected chi connectivity index (χ1v) is 3.44. The van der Waals surface area contributed by atoms with Gasteiger partial charge in [0, 0.05) is 31.9 Å². The molecule has 0 saturated carbocycles. The van der Waals surface area contributed by atoms with Gasteiger partial charge in [0.2, 0.25) is 0 Å². The lowest BCUT2D eigenvalue weighted by Crippen LogP contribution is -2.11. The second-order valence-corrected chi connectivity index (χ2v) is 2.35. The Balaban J connectivity index is 0. The van der Waals surface area contributed by atoms with Gasteiger partial charge in [-0.05, 0) is 7.05 Å². The molecule has 1 aromatic heterocycles. The van der Waals surface area contributed by atoms with Crippen LogP contribution in [0.4, 0.5) is 0 Å². The average Bonchev–Trinajstić information content (AvgIpc) is 2.31. The monoisotopic (exact) mass is 211 g/mol. The molecule has 1 N–H and O–H groups in total. The Hall–Kier alpha value is -0.250. The van der Waals surface area contributed by atoms with Crippen molar-refractivity contribution in [3.63, 3.8) is 0 Å². The third-order valence-corrected chi connectivity index (χ3v) is 1.55. The fraction of sp³-hybridized carbons (Fsp3) is 0.571. The molecule has 0 amide bonds. The summed E-state index contributed by atoms with van der Waals surface area (Å²) in [4.78, 5) is 4.01. The molecule has 0 bridgehead atoms. The maximum absolute atomic E-state index is 4.01. The number of nitrogens with one attached hydrogen (secondary N) is 1. The Morgan fingerprint density at radius 1 is 1.50 bits per heavy atom. The van der Waals surface area contributed by atoms with Crippen LogP contribution in [0, 0.1) is 0 Å². The lowest BCUT2D eigenvalue weighted by atomic mass is 10.3. The Morgan fingerprint density at radius 2 is 2.17 bits per heavy atom. The van der Waals surface area contributed by atoms with Crippen LogP contribution in [0.15, 0.2) is 12.5 Å². The standard InChI is InChI=1S/C7H13N3.2ClH/c1-8-4-3-7-5-9-6-10(7)2;;/h5-6,8H,3-4H2,1-2H3;2*1H. The van der Waals surface area contributed by atoms with Gasteiger partial charge in [0.05, 0.1) is 6.33 Å². The predicted octanol–water partition coefficient (Wildman–Crippen LogP) is 1.03. The number of hydrogen-bond donors (Lipinski definition) is 1. The molecule has 0 spiro atoms. The molecule has 0 radical (unpaired) electrons. The van der Waals surface area contributed by atoms with Crippen molar-refractivity contribution in [2.24, 2.45) is 7.05 Å². The summed E-state index contributed by atoms with van der Waals surface area (Å²) < 4.78 is 2.04. The van der Waals surface area contributed by atoms with E-state index in [4.69, 9.17) is 0 Å². The van der Waals surface area contributed by atoms with E-state index in [1.54, 1.807) is 0 Å². The van der Waals surface area contributed by atoms with Crippen molar-refractivity contribution in [1.82, 2.24) is 14.9 Å². The van der Waals surface area contributed by atoms with E-state index < -0.39 is 0 Å². The summed E-state index contributed by atoms with van der Waals surface area (Å²) >= 11 is 0. The fourth-order valence-corrected chi connectivity index (χ4v) is 0.879. The number of rotatable bonds is 3. The summed E-state index contributed by atoms with van der Waals surface area (Å²) in [6.45, 7) is 1.01. The van der Waals surface area contributed by atoms with Gasteiger partial charge in [-0.1, -0.05) is 0 Å². The van der Waals surface area contributed by atoms with Crippen molar-refractivity contribution in [2.45, 2.75) is 6.42 Å². The number of halogens is 2. The molecular formula is C7H15Cl2N3. The zero-order valence-electron chi connectivity index (χ0n) is 7.28. The Labute approximate surface area is 85.4 Å². The number of aromatic nitrogens is 2. The number of hydrogen-bond acceptors (Lipinski definition) is 2. The van der Waals surface area contributed by atoms with Crippen LogP contribution < -0.4 is 5.32 Å². The van der Waals surface area contributed by atoms with E-state index in [1.807, 2.05) is 31.2 Å². The Kier molecular flexibility index (Phi) is 8.81. The van der Waals surface area contributed by atoms with E-state index in [9.17, 15) is 0 Å². The van der Waals surface area contributed by atoms with E-state index in [0.717, 1.165) is 13.0 Å². The average molecular weight is 212 g/mol. The SMILES string of the molecule is CNCCc1cncn1C.Cl.Cl. The maximum Gasteiger partial charge on any atom is 0.0945 e. The van der Waals surface area contributed by atoms with Gasteiger partial charge in [0.1, 0.15) is 0 Å². The fourth-order valence-electron chi connectivity index (χ4n) is 0.879. The van der Waals surface area contributed by atoms with Crippen LogP contribution in [0.25, 0.3) is 0 Å². The maximum atomic E-state index is 4.01. The molecule has 0 aliphatic rings. The predicted molar refractivity (Wildman–Crippen MR) is 55.3 cm³/mol. The molecule has 1 aromatic rings. The van der Waals surface area contributed by atoms with Crippen LogP contribution in [-0.2, 0) is 13.5 Å². The van der Waals surface area contributed by atoms with Gasteiger partial charge < -0.3 is 9.88 Å². The van der Waals surface area contributed by atoms with Crippen molar-refractivity contribution >= 4 is 24.8 Å². The van der Waals surface area contributed by atoms with Crippen molar-refractivity contribution in [3.8, 4) is 0 Å². The molecule has 0 saturated heterocycles. The van der Waals surface area contributed by atoms with Gasteiger partial charge in [-0.15, -0.1) is 24.8 Å². The number of nitrogens with zero attached hydrogens (tertiary/aromatic N) is 2. The zero-order chi connectivity index (χ0) is 7.40. The second kappa shape index (κ2) is 7.40. The van der Waals surface area contributed by atoms with E-state index in [2.05, 4.69) is 10.3 Å². The van der Waals surface area contributed by atoms with Crippen molar-refractivity contribution in [1.29, 1.82) is 0 Å². The summed E-state index contributed by atoms with van der Waals surface area (Å²) in [5.41, 5.74) is 1.27. The Morgan fingerprint density at radius 3 is 2.58 bits per heavy atom. The van der Waals surface area contributed by atoms with Crippen LogP contribution in [0.2, 0.25) is 0 Å². The molecule has 12 heavy (non-hydrogen) atoms. The van der Waals surface area contributed by atoms with Crippen LogP contribution in [0.5, 0.6) is 0 Å². The van der Waals surface area contributed by atoms with E-state index in [-0.39, 0.29) is 24.8 Å². The van der Waals surface area contributed by atoms with Gasteiger partial charge >= 0.3 is 0 Å². The van der Waals surface area contributed by atoms with Gasteiger partial charge in [0.25, 0.3) is 0 Å². The molecule has 3 nitrogen and oxygen atoms in total. The minimum atomic E-state index is 0. The summed E-state index contributed by atoms with van der Waals surface area (Å²) in [6, 6.07) is 0. The highest BCUT2D eigenvalue weighted by atomic mass is 35.5. The molecule has 0 unspecified atom stereocenters. The third-order valence-electron chi connectivity index (χ3n) is 1.55. The number of aryl methyl sites for hydroxylation is 1. The van der Waals surface area contributed by atoms with E-state index >= 15 is 0 Å². The normalized spacial score (nSPS) is 8.50. The first kappa shape index (κ1) is 14.3. The summed E-state index contributed by atoms with van der Waals surface area (Å²) in [7, 11) is 3.97. The van der Waals surface area contributed by atoms with E-state index in [1.165, 1.54) is 5.69 Å². The van der Waals surface area contributed by atoms with Crippen LogP contribution in [0.3, 0.4) is 0 Å². The van der Waals surface area contributed by atoms with Crippen LogP contribution in [0.1, 0.15) is 5.69 Å². The summed E-state index contributed by atoms with van der Waals surface area (Å²) in [6.07, 6.45) is 4.77. The largest absolute Gasteiger partial charge is 0.338 e. The van der Waals surface area contributed by atoms with Gasteiger partial charge in [-0.2, -0.15) is 0 Å². The first-order valence-electron chi connectivity index (χ1n) is 3.44. The first-order chi connectivity index (χ1) is 4.84. The zero-order valence-corrected chi connectivity index (χ0v) is 8.91. The van der Waals surface area contributed by atoms with Gasteiger partial charge in [-0.25, -0.2) is 4.98 Å². The minimum absolute atomic E-state index is 0. The smallest absolute Gasteiger partial charge is 0.0945 e. The van der Waals surface area contributed by atoms with Crippen LogP contribution >= 0.6 is 24.8 Å². The quantitative estimate of drug-likeness (QED) is 0.810. The highest BCUT2D eigenvalue weighted by Gasteiger charge is 1.94. The molecule has 0 aliphatic carbocycles. The molecule has 72 valence electrons.